The minimum Gasteiger partial charge on any atom is -0.244 e. The van der Waals surface area contributed by atoms with Gasteiger partial charge < -0.3 is 0 Å². The molecule has 0 aliphatic heterocycles. The summed E-state index contributed by atoms with van der Waals surface area (Å²) >= 11 is 4.63. The number of halogens is 2. The summed E-state index contributed by atoms with van der Waals surface area (Å²) < 4.78 is 2.41. The number of hydrogen-bond acceptors (Lipinski definition) is 3. The Bertz CT molecular complexity index is 1030. The van der Waals surface area contributed by atoms with Crippen LogP contribution in [-0.2, 0) is 0 Å². The molecule has 3 nitrogen and oxygen atoms in total. The SMILES string of the molecule is Ic1ccc(-c2ccc(-c3ncccn3)nc2-c2ccc(I)cc2)cc1. The maximum absolute atomic E-state index is 4.91. The van der Waals surface area contributed by atoms with Gasteiger partial charge in [0.05, 0.1) is 5.69 Å². The third kappa shape index (κ3) is 3.78. The zero-order chi connectivity index (χ0) is 17.9. The van der Waals surface area contributed by atoms with E-state index in [2.05, 4.69) is 110 Å². The van der Waals surface area contributed by atoms with E-state index in [1.54, 1.807) is 12.4 Å². The van der Waals surface area contributed by atoms with Crippen LogP contribution in [0.15, 0.2) is 79.1 Å². The smallest absolute Gasteiger partial charge is 0.178 e. The molecule has 0 fully saturated rings. The van der Waals surface area contributed by atoms with E-state index in [1.807, 2.05) is 12.1 Å². The Labute approximate surface area is 179 Å². The van der Waals surface area contributed by atoms with Gasteiger partial charge in [0.1, 0.15) is 5.69 Å². The first-order valence-corrected chi connectivity index (χ1v) is 10.2. The van der Waals surface area contributed by atoms with Gasteiger partial charge in [0.15, 0.2) is 5.82 Å². The highest BCUT2D eigenvalue weighted by Gasteiger charge is 2.12. The van der Waals surface area contributed by atoms with Crippen LogP contribution >= 0.6 is 45.2 Å². The van der Waals surface area contributed by atoms with Gasteiger partial charge >= 0.3 is 0 Å². The van der Waals surface area contributed by atoms with Gasteiger partial charge in [0, 0.05) is 30.7 Å². The molecule has 0 saturated heterocycles. The molecule has 2 aromatic heterocycles. The van der Waals surface area contributed by atoms with Crippen LogP contribution in [0.2, 0.25) is 0 Å². The van der Waals surface area contributed by atoms with Gasteiger partial charge in [-0.2, -0.15) is 0 Å². The van der Waals surface area contributed by atoms with Crippen molar-refractivity contribution in [3.8, 4) is 33.9 Å². The Morgan fingerprint density at radius 3 is 1.81 bits per heavy atom. The molecular formula is C21H13I2N3. The molecule has 0 unspecified atom stereocenters. The van der Waals surface area contributed by atoms with Crippen LogP contribution in [-0.4, -0.2) is 15.0 Å². The van der Waals surface area contributed by atoms with Crippen LogP contribution in [0, 0.1) is 7.14 Å². The van der Waals surface area contributed by atoms with Crippen LogP contribution in [0.25, 0.3) is 33.9 Å². The maximum atomic E-state index is 4.91. The van der Waals surface area contributed by atoms with Gasteiger partial charge in [-0.05, 0) is 93.2 Å². The van der Waals surface area contributed by atoms with E-state index in [9.17, 15) is 0 Å². The fourth-order valence-electron chi connectivity index (χ4n) is 2.71. The summed E-state index contributed by atoms with van der Waals surface area (Å²) in [6.45, 7) is 0. The highest BCUT2D eigenvalue weighted by atomic mass is 127. The highest BCUT2D eigenvalue weighted by Crippen LogP contribution is 2.33. The molecule has 0 saturated carbocycles. The molecule has 26 heavy (non-hydrogen) atoms. The first-order chi connectivity index (χ1) is 12.7. The quantitative estimate of drug-likeness (QED) is 0.285. The van der Waals surface area contributed by atoms with Crippen molar-refractivity contribution in [2.45, 2.75) is 0 Å². The second-order valence-corrected chi connectivity index (χ2v) is 8.17. The minimum atomic E-state index is 0.633. The summed E-state index contributed by atoms with van der Waals surface area (Å²) in [5, 5.41) is 0. The third-order valence-electron chi connectivity index (χ3n) is 3.96. The summed E-state index contributed by atoms with van der Waals surface area (Å²) in [6, 6.07) is 22.8. The first kappa shape index (κ1) is 17.5. The number of hydrogen-bond donors (Lipinski definition) is 0. The van der Waals surface area contributed by atoms with Crippen molar-refractivity contribution in [3.05, 3.63) is 86.3 Å². The Morgan fingerprint density at radius 1 is 0.615 bits per heavy atom. The molecule has 2 heterocycles. The molecule has 0 aliphatic rings. The van der Waals surface area contributed by atoms with Crippen molar-refractivity contribution < 1.29 is 0 Å². The number of benzene rings is 2. The molecule has 2 aromatic carbocycles. The summed E-state index contributed by atoms with van der Waals surface area (Å²) in [5.41, 5.74) is 5.03. The second-order valence-electron chi connectivity index (χ2n) is 5.68. The predicted molar refractivity (Wildman–Crippen MR) is 122 cm³/mol. The molecule has 0 radical (unpaired) electrons. The second kappa shape index (κ2) is 7.79. The van der Waals surface area contributed by atoms with E-state index in [1.165, 1.54) is 7.14 Å². The summed E-state index contributed by atoms with van der Waals surface area (Å²) in [4.78, 5) is 13.6. The van der Waals surface area contributed by atoms with Crippen molar-refractivity contribution in [1.82, 2.24) is 15.0 Å². The van der Waals surface area contributed by atoms with Crippen LogP contribution in [0.5, 0.6) is 0 Å². The number of pyridine rings is 1. The molecule has 4 aromatic rings. The fraction of sp³-hybridized carbons (Fsp3) is 0. The van der Waals surface area contributed by atoms with E-state index in [-0.39, 0.29) is 0 Å². The number of rotatable bonds is 3. The van der Waals surface area contributed by atoms with Gasteiger partial charge in [-0.1, -0.05) is 24.3 Å². The highest BCUT2D eigenvalue weighted by molar-refractivity contribution is 14.1. The molecule has 126 valence electrons. The van der Waals surface area contributed by atoms with E-state index in [0.29, 0.717) is 5.82 Å². The largest absolute Gasteiger partial charge is 0.244 e. The Kier molecular flexibility index (Phi) is 5.26. The van der Waals surface area contributed by atoms with Gasteiger partial charge in [-0.25, -0.2) is 15.0 Å². The first-order valence-electron chi connectivity index (χ1n) is 8.01. The maximum Gasteiger partial charge on any atom is 0.178 e. The number of nitrogens with zero attached hydrogens (tertiary/aromatic N) is 3. The summed E-state index contributed by atoms with van der Waals surface area (Å²) in [6.07, 6.45) is 3.48. The van der Waals surface area contributed by atoms with Crippen molar-refractivity contribution in [1.29, 1.82) is 0 Å². The molecule has 0 N–H and O–H groups in total. The minimum absolute atomic E-state index is 0.633. The molecular weight excluding hydrogens is 548 g/mol. The van der Waals surface area contributed by atoms with Crippen molar-refractivity contribution >= 4 is 45.2 Å². The molecule has 5 heteroatoms. The lowest BCUT2D eigenvalue weighted by molar-refractivity contribution is 1.14. The lowest BCUT2D eigenvalue weighted by atomic mass is 9.99. The summed E-state index contributed by atoms with van der Waals surface area (Å²) in [5.74, 6) is 0.633. The Morgan fingerprint density at radius 2 is 1.19 bits per heavy atom. The van der Waals surface area contributed by atoms with Gasteiger partial charge in [0.25, 0.3) is 0 Å². The number of aromatic nitrogens is 3. The molecule has 0 atom stereocenters. The van der Waals surface area contributed by atoms with E-state index < -0.39 is 0 Å². The average molecular weight is 561 g/mol. The van der Waals surface area contributed by atoms with Crippen molar-refractivity contribution in [2.24, 2.45) is 0 Å². The predicted octanol–water partition coefficient (Wildman–Crippen LogP) is 6.08. The topological polar surface area (TPSA) is 38.7 Å². The lowest BCUT2D eigenvalue weighted by Crippen LogP contribution is -1.95. The fourth-order valence-corrected chi connectivity index (χ4v) is 3.42. The van der Waals surface area contributed by atoms with Gasteiger partial charge in [-0.15, -0.1) is 0 Å². The zero-order valence-electron chi connectivity index (χ0n) is 13.6. The molecule has 4 rings (SSSR count). The zero-order valence-corrected chi connectivity index (χ0v) is 17.9. The molecule has 0 amide bonds. The molecule has 0 bridgehead atoms. The van der Waals surface area contributed by atoms with Crippen LogP contribution in [0.1, 0.15) is 0 Å². The Hall–Kier alpha value is -1.87. The van der Waals surface area contributed by atoms with E-state index >= 15 is 0 Å². The average Bonchev–Trinajstić information content (AvgIpc) is 2.70. The Balaban J connectivity index is 1.90. The van der Waals surface area contributed by atoms with Gasteiger partial charge in [-0.3, -0.25) is 0 Å². The van der Waals surface area contributed by atoms with E-state index in [0.717, 1.165) is 28.1 Å². The van der Waals surface area contributed by atoms with Crippen LogP contribution in [0.3, 0.4) is 0 Å². The normalized spacial score (nSPS) is 10.7. The van der Waals surface area contributed by atoms with Gasteiger partial charge in [0.2, 0.25) is 0 Å². The summed E-state index contributed by atoms with van der Waals surface area (Å²) in [7, 11) is 0. The lowest BCUT2D eigenvalue weighted by Gasteiger charge is -2.12. The van der Waals surface area contributed by atoms with Crippen molar-refractivity contribution in [2.75, 3.05) is 0 Å². The molecule has 0 spiro atoms. The van der Waals surface area contributed by atoms with E-state index in [4.69, 9.17) is 4.98 Å². The third-order valence-corrected chi connectivity index (χ3v) is 5.40. The van der Waals surface area contributed by atoms with Crippen molar-refractivity contribution in [3.63, 3.8) is 0 Å². The standard InChI is InChI=1S/C21H13I2N3/c22-16-6-2-14(3-7-16)18-10-11-19(21-24-12-1-13-25-21)26-20(18)15-4-8-17(23)9-5-15/h1-13H. The van der Waals surface area contributed by atoms with Crippen LogP contribution < -0.4 is 0 Å². The molecule has 0 aliphatic carbocycles. The monoisotopic (exact) mass is 561 g/mol. The van der Waals surface area contributed by atoms with Crippen LogP contribution in [0.4, 0.5) is 0 Å².